The van der Waals surface area contributed by atoms with E-state index in [4.69, 9.17) is 4.98 Å². The number of allylic oxidation sites excluding steroid dienone is 2. The van der Waals surface area contributed by atoms with E-state index in [0.717, 1.165) is 26.3 Å². The zero-order valence-electron chi connectivity index (χ0n) is 22.9. The molecule has 4 aromatic carbocycles. The maximum Gasteiger partial charge on any atom is 0.217 e. The molecule has 5 rings (SSSR count). The van der Waals surface area contributed by atoms with Gasteiger partial charge in [0.25, 0.3) is 0 Å². The van der Waals surface area contributed by atoms with E-state index >= 15 is 0 Å². The minimum absolute atomic E-state index is 0.305. The van der Waals surface area contributed by atoms with Crippen molar-refractivity contribution in [2.45, 2.75) is 37.7 Å². The maximum atomic E-state index is 4.80. The van der Waals surface area contributed by atoms with Gasteiger partial charge in [-0.05, 0) is 47.8 Å². The second-order valence-corrected chi connectivity index (χ2v) is 12.4. The molecule has 39 heavy (non-hydrogen) atoms. The first-order chi connectivity index (χ1) is 19.3. The van der Waals surface area contributed by atoms with Crippen molar-refractivity contribution < 1.29 is 0 Å². The van der Waals surface area contributed by atoms with Gasteiger partial charge in [-0.1, -0.05) is 133 Å². The molecule has 5 aromatic rings. The molecule has 2 nitrogen and oxygen atoms in total. The van der Waals surface area contributed by atoms with Crippen LogP contribution in [0, 0.1) is 0 Å². The monoisotopic (exact) mass is 524 g/mol. The van der Waals surface area contributed by atoms with E-state index in [1.165, 1.54) is 28.0 Å². The minimum Gasteiger partial charge on any atom is -0.346 e. The van der Waals surface area contributed by atoms with Crippen LogP contribution in [0.5, 0.6) is 0 Å². The van der Waals surface area contributed by atoms with E-state index in [1.54, 1.807) is 5.20 Å². The van der Waals surface area contributed by atoms with Gasteiger partial charge in [0.15, 0.2) is 0 Å². The molecule has 0 fully saturated rings. The molecule has 0 bridgehead atoms. The Bertz CT molecular complexity index is 1350. The van der Waals surface area contributed by atoms with Crippen molar-refractivity contribution in [3.63, 3.8) is 0 Å². The molecule has 194 valence electrons. The fraction of sp³-hybridized carbons (Fsp3) is 0.171. The smallest absolute Gasteiger partial charge is 0.217 e. The summed E-state index contributed by atoms with van der Waals surface area (Å²) >= 11 is 0. The highest BCUT2D eigenvalue weighted by Gasteiger charge is 2.19. The summed E-state index contributed by atoms with van der Waals surface area (Å²) < 4.78 is 2.40. The largest absolute Gasteiger partial charge is 0.346 e. The summed E-state index contributed by atoms with van der Waals surface area (Å²) in [6.45, 7) is 2.33. The lowest BCUT2D eigenvalue weighted by molar-refractivity contribution is 0.727. The topological polar surface area (TPSA) is 17.8 Å². The molecule has 0 radical (unpaired) electrons. The standard InChI is InChI=1S/C35H37BN2Si/c1-28(15-14-24-33(29-16-6-2-7-17-29)30-18-8-3-9-19-30)39-27-38-26-25-37-35(38)36-34(31-20-10-4-11-21-31)32-22-12-5-13-23-32/h2-13,15-23,25-26,33-34,36H,14,24,27,39H2,1H3. The summed E-state index contributed by atoms with van der Waals surface area (Å²) in [5, 5.41) is 1.58. The number of imidazole rings is 1. The second kappa shape index (κ2) is 13.8. The fourth-order valence-electron chi connectivity index (χ4n) is 5.51. The van der Waals surface area contributed by atoms with Crippen LogP contribution in [-0.2, 0) is 6.17 Å². The van der Waals surface area contributed by atoms with Crippen LogP contribution in [0.15, 0.2) is 145 Å². The third-order valence-corrected chi connectivity index (χ3v) is 9.47. The molecule has 0 unspecified atom stereocenters. The molecular weight excluding hydrogens is 487 g/mol. The van der Waals surface area contributed by atoms with E-state index in [9.17, 15) is 0 Å². The molecule has 1 heterocycles. The van der Waals surface area contributed by atoms with Crippen LogP contribution >= 0.6 is 0 Å². The van der Waals surface area contributed by atoms with Crippen LogP contribution in [0.3, 0.4) is 0 Å². The third-order valence-electron chi connectivity index (χ3n) is 7.69. The van der Waals surface area contributed by atoms with Crippen molar-refractivity contribution in [2.75, 3.05) is 0 Å². The van der Waals surface area contributed by atoms with E-state index in [0.29, 0.717) is 11.7 Å². The number of hydrogen-bond donors (Lipinski definition) is 0. The van der Waals surface area contributed by atoms with E-state index in [-0.39, 0.29) is 0 Å². The maximum absolute atomic E-state index is 4.80. The van der Waals surface area contributed by atoms with Gasteiger partial charge in [-0.25, -0.2) is 0 Å². The zero-order chi connectivity index (χ0) is 26.7. The SMILES string of the molecule is CC(=CCCC(c1ccccc1)c1ccccc1)[SiH2]Cn1ccnc1BC(c1ccccc1)c1ccccc1. The molecule has 1 aromatic heterocycles. The van der Waals surface area contributed by atoms with E-state index < -0.39 is 9.52 Å². The van der Waals surface area contributed by atoms with Crippen LogP contribution in [0.2, 0.25) is 0 Å². The Morgan fingerprint density at radius 3 is 1.74 bits per heavy atom. The van der Waals surface area contributed by atoms with Crippen LogP contribution in [-0.4, -0.2) is 26.4 Å². The fourth-order valence-corrected chi connectivity index (χ4v) is 6.92. The van der Waals surface area contributed by atoms with E-state index in [2.05, 4.69) is 145 Å². The van der Waals surface area contributed by atoms with Crippen molar-refractivity contribution >= 4 is 22.5 Å². The molecule has 0 atom stereocenters. The minimum atomic E-state index is -0.401. The first kappa shape index (κ1) is 26.7. The summed E-state index contributed by atoms with van der Waals surface area (Å²) in [7, 11) is 0.510. The Hall–Kier alpha value is -3.89. The molecule has 0 N–H and O–H groups in total. The van der Waals surface area contributed by atoms with Gasteiger partial charge in [0, 0.05) is 24.5 Å². The summed E-state index contributed by atoms with van der Waals surface area (Å²) in [5.41, 5.74) is 6.68. The molecule has 0 spiro atoms. The highest BCUT2D eigenvalue weighted by atomic mass is 28.2. The normalized spacial score (nSPS) is 12.0. The number of aromatic nitrogens is 2. The molecular formula is C35H37BN2Si. The summed E-state index contributed by atoms with van der Waals surface area (Å²) in [5.74, 6) is 0.742. The molecule has 0 aliphatic heterocycles. The zero-order valence-corrected chi connectivity index (χ0v) is 24.3. The van der Waals surface area contributed by atoms with Gasteiger partial charge >= 0.3 is 0 Å². The summed E-state index contributed by atoms with van der Waals surface area (Å²) in [4.78, 5) is 4.80. The predicted octanol–water partition coefficient (Wildman–Crippen LogP) is 6.38. The Morgan fingerprint density at radius 2 is 1.23 bits per heavy atom. The molecule has 0 saturated carbocycles. The lowest BCUT2D eigenvalue weighted by atomic mass is 9.58. The van der Waals surface area contributed by atoms with Crippen molar-refractivity contribution in [2.24, 2.45) is 0 Å². The Balaban J connectivity index is 1.23. The van der Waals surface area contributed by atoms with Crippen LogP contribution < -0.4 is 5.72 Å². The number of nitrogens with zero attached hydrogens (tertiary/aromatic N) is 2. The lowest BCUT2D eigenvalue weighted by Crippen LogP contribution is -2.32. The summed E-state index contributed by atoms with van der Waals surface area (Å²) in [6, 6.07) is 43.6. The van der Waals surface area contributed by atoms with Gasteiger partial charge in [0.1, 0.15) is 0 Å². The lowest BCUT2D eigenvalue weighted by Gasteiger charge is -2.18. The number of rotatable bonds is 12. The average molecular weight is 525 g/mol. The first-order valence-corrected chi connectivity index (χ1v) is 15.8. The van der Waals surface area contributed by atoms with Crippen LogP contribution in [0.4, 0.5) is 0 Å². The number of hydrogen-bond acceptors (Lipinski definition) is 1. The van der Waals surface area contributed by atoms with Gasteiger partial charge in [-0.15, -0.1) is 0 Å². The van der Waals surface area contributed by atoms with Crippen molar-refractivity contribution in [3.8, 4) is 0 Å². The van der Waals surface area contributed by atoms with Gasteiger partial charge in [-0.2, -0.15) is 0 Å². The quantitative estimate of drug-likeness (QED) is 0.173. The molecule has 4 heteroatoms. The Morgan fingerprint density at radius 1 is 0.744 bits per heavy atom. The molecule has 0 saturated heterocycles. The highest BCUT2D eigenvalue weighted by Crippen LogP contribution is 2.29. The van der Waals surface area contributed by atoms with Crippen molar-refractivity contribution in [3.05, 3.63) is 167 Å². The molecule has 0 amide bonds. The second-order valence-electron chi connectivity index (χ2n) is 10.4. The molecule has 0 aliphatic carbocycles. The van der Waals surface area contributed by atoms with Gasteiger partial charge in [0.2, 0.25) is 7.28 Å². The average Bonchev–Trinajstić information content (AvgIpc) is 3.46. The Labute approximate surface area is 236 Å². The third kappa shape index (κ3) is 7.36. The van der Waals surface area contributed by atoms with Crippen LogP contribution in [0.25, 0.3) is 0 Å². The molecule has 0 aliphatic rings. The van der Waals surface area contributed by atoms with Crippen molar-refractivity contribution in [1.29, 1.82) is 0 Å². The van der Waals surface area contributed by atoms with Gasteiger partial charge < -0.3 is 4.57 Å². The number of benzene rings is 4. The van der Waals surface area contributed by atoms with Crippen molar-refractivity contribution in [1.82, 2.24) is 9.55 Å². The Kier molecular flexibility index (Phi) is 9.43. The van der Waals surface area contributed by atoms with Gasteiger partial charge in [0.05, 0.1) is 15.2 Å². The summed E-state index contributed by atoms with van der Waals surface area (Å²) in [6.07, 6.45) is 9.97. The van der Waals surface area contributed by atoms with Gasteiger partial charge in [-0.3, -0.25) is 4.98 Å². The predicted molar refractivity (Wildman–Crippen MR) is 170 cm³/mol. The van der Waals surface area contributed by atoms with Crippen LogP contribution in [0.1, 0.15) is 53.8 Å². The van der Waals surface area contributed by atoms with E-state index in [1.807, 2.05) is 6.20 Å². The highest BCUT2D eigenvalue weighted by molar-refractivity contribution is 6.54. The first-order valence-electron chi connectivity index (χ1n) is 14.1.